The Morgan fingerprint density at radius 1 is 1.40 bits per heavy atom. The predicted molar refractivity (Wildman–Crippen MR) is 73.1 cm³/mol. The van der Waals surface area contributed by atoms with E-state index in [1.807, 2.05) is 19.9 Å². The van der Waals surface area contributed by atoms with Crippen LogP contribution in [0.5, 0.6) is 0 Å². The minimum absolute atomic E-state index is 0.0775. The highest BCUT2D eigenvalue weighted by Gasteiger charge is 2.32. The van der Waals surface area contributed by atoms with Crippen LogP contribution in [0.25, 0.3) is 0 Å². The van der Waals surface area contributed by atoms with E-state index in [-0.39, 0.29) is 18.4 Å². The number of ether oxygens (including phenoxy) is 1. The number of carbonyl (C=O) groups is 2. The first-order valence-electron chi connectivity index (χ1n) is 6.91. The van der Waals surface area contributed by atoms with Gasteiger partial charge in [0.2, 0.25) is 5.91 Å². The number of hydrogen-bond donors (Lipinski definition) is 0. The van der Waals surface area contributed by atoms with E-state index in [9.17, 15) is 9.59 Å². The molecule has 0 radical (unpaired) electrons. The zero-order chi connectivity index (χ0) is 14.7. The summed E-state index contributed by atoms with van der Waals surface area (Å²) in [7, 11) is 1.36. The molecule has 1 saturated heterocycles. The minimum Gasteiger partial charge on any atom is -0.467 e. The number of esters is 1. The summed E-state index contributed by atoms with van der Waals surface area (Å²) in [5.41, 5.74) is 1.83. The number of hydrogen-bond acceptors (Lipinski definition) is 4. The number of rotatable bonds is 3. The van der Waals surface area contributed by atoms with E-state index in [1.54, 1.807) is 9.58 Å². The van der Waals surface area contributed by atoms with Crippen LogP contribution in [0.1, 0.15) is 30.7 Å². The quantitative estimate of drug-likeness (QED) is 0.776. The molecule has 1 aromatic rings. The molecule has 1 atom stereocenters. The van der Waals surface area contributed by atoms with Gasteiger partial charge in [-0.1, -0.05) is 0 Å². The first kappa shape index (κ1) is 14.6. The van der Waals surface area contributed by atoms with Crippen molar-refractivity contribution in [2.24, 2.45) is 0 Å². The molecule has 0 saturated carbocycles. The molecule has 0 unspecified atom stereocenters. The normalized spacial score (nSPS) is 18.9. The van der Waals surface area contributed by atoms with Crippen molar-refractivity contribution in [2.45, 2.75) is 45.7 Å². The fourth-order valence-electron chi connectivity index (χ4n) is 2.67. The molecule has 1 aromatic heterocycles. The van der Waals surface area contributed by atoms with Gasteiger partial charge in [0.25, 0.3) is 0 Å². The molecule has 0 N–H and O–H groups in total. The van der Waals surface area contributed by atoms with Crippen molar-refractivity contribution in [3.05, 3.63) is 17.5 Å². The molecule has 0 spiro atoms. The van der Waals surface area contributed by atoms with Gasteiger partial charge in [-0.3, -0.25) is 9.48 Å². The average molecular weight is 279 g/mol. The summed E-state index contributed by atoms with van der Waals surface area (Å²) in [6.07, 6.45) is 2.55. The van der Waals surface area contributed by atoms with Crippen molar-refractivity contribution < 1.29 is 14.3 Å². The largest absolute Gasteiger partial charge is 0.467 e. The molecule has 0 bridgehead atoms. The number of methoxy groups -OCH3 is 1. The van der Waals surface area contributed by atoms with E-state index < -0.39 is 6.04 Å². The molecule has 1 aliphatic heterocycles. The third-order valence-electron chi connectivity index (χ3n) is 3.68. The van der Waals surface area contributed by atoms with Crippen LogP contribution in [0.3, 0.4) is 0 Å². The standard InChI is InChI=1S/C14H21N3O3/c1-10-8-11(2)17(15-10)9-13(18)16-7-5-4-6-12(16)14(19)20-3/h8,12H,4-7,9H2,1-3H3/t12-/m1/s1. The van der Waals surface area contributed by atoms with Gasteiger partial charge in [0.05, 0.1) is 12.8 Å². The highest BCUT2D eigenvalue weighted by atomic mass is 16.5. The minimum atomic E-state index is -0.446. The van der Waals surface area contributed by atoms with E-state index in [0.717, 1.165) is 24.2 Å². The van der Waals surface area contributed by atoms with E-state index >= 15 is 0 Å². The Labute approximate surface area is 118 Å². The summed E-state index contributed by atoms with van der Waals surface area (Å²) >= 11 is 0. The van der Waals surface area contributed by atoms with Crippen LogP contribution < -0.4 is 0 Å². The number of amides is 1. The van der Waals surface area contributed by atoms with E-state index in [2.05, 4.69) is 5.10 Å². The molecule has 0 aromatic carbocycles. The van der Waals surface area contributed by atoms with Gasteiger partial charge < -0.3 is 9.64 Å². The molecule has 2 rings (SSSR count). The SMILES string of the molecule is COC(=O)[C@H]1CCCCN1C(=O)Cn1nc(C)cc1C. The number of nitrogens with zero attached hydrogens (tertiary/aromatic N) is 3. The van der Waals surface area contributed by atoms with Crippen molar-refractivity contribution in [2.75, 3.05) is 13.7 Å². The van der Waals surface area contributed by atoms with Crippen molar-refractivity contribution in [1.82, 2.24) is 14.7 Å². The van der Waals surface area contributed by atoms with E-state index in [0.29, 0.717) is 13.0 Å². The Morgan fingerprint density at radius 2 is 2.15 bits per heavy atom. The first-order valence-corrected chi connectivity index (χ1v) is 6.91. The monoisotopic (exact) mass is 279 g/mol. The third-order valence-corrected chi connectivity index (χ3v) is 3.68. The topological polar surface area (TPSA) is 64.4 Å². The van der Waals surface area contributed by atoms with Gasteiger partial charge >= 0.3 is 5.97 Å². The predicted octanol–water partition coefficient (Wildman–Crippen LogP) is 1.05. The van der Waals surface area contributed by atoms with Gasteiger partial charge in [0.15, 0.2) is 0 Å². The number of aryl methyl sites for hydroxylation is 2. The fourth-order valence-corrected chi connectivity index (χ4v) is 2.67. The fraction of sp³-hybridized carbons (Fsp3) is 0.643. The molecule has 6 nitrogen and oxygen atoms in total. The summed E-state index contributed by atoms with van der Waals surface area (Å²) in [5, 5.41) is 4.29. The molecule has 1 aliphatic rings. The molecule has 1 fully saturated rings. The van der Waals surface area contributed by atoms with E-state index in [1.165, 1.54) is 7.11 Å². The molecular formula is C14H21N3O3. The van der Waals surface area contributed by atoms with Gasteiger partial charge in [-0.05, 0) is 39.2 Å². The Morgan fingerprint density at radius 3 is 2.75 bits per heavy atom. The van der Waals surface area contributed by atoms with Crippen molar-refractivity contribution in [1.29, 1.82) is 0 Å². The highest BCUT2D eigenvalue weighted by molar-refractivity contribution is 5.84. The maximum absolute atomic E-state index is 12.4. The van der Waals surface area contributed by atoms with Crippen molar-refractivity contribution in [3.63, 3.8) is 0 Å². The third kappa shape index (κ3) is 3.00. The van der Waals surface area contributed by atoms with Gasteiger partial charge in [0.1, 0.15) is 12.6 Å². The summed E-state index contributed by atoms with van der Waals surface area (Å²) < 4.78 is 6.47. The van der Waals surface area contributed by atoms with Crippen LogP contribution >= 0.6 is 0 Å². The second-order valence-electron chi connectivity index (χ2n) is 5.21. The van der Waals surface area contributed by atoms with Gasteiger partial charge in [-0.2, -0.15) is 5.10 Å². The lowest BCUT2D eigenvalue weighted by Gasteiger charge is -2.33. The smallest absolute Gasteiger partial charge is 0.328 e. The van der Waals surface area contributed by atoms with Gasteiger partial charge in [-0.25, -0.2) is 4.79 Å². The van der Waals surface area contributed by atoms with Crippen LogP contribution in [-0.2, 0) is 20.9 Å². The molecule has 1 amide bonds. The van der Waals surface area contributed by atoms with Crippen molar-refractivity contribution in [3.8, 4) is 0 Å². The second-order valence-corrected chi connectivity index (χ2v) is 5.21. The molecular weight excluding hydrogens is 258 g/mol. The summed E-state index contributed by atoms with van der Waals surface area (Å²) in [5.74, 6) is -0.405. The van der Waals surface area contributed by atoms with Crippen LogP contribution in [0, 0.1) is 13.8 Å². The highest BCUT2D eigenvalue weighted by Crippen LogP contribution is 2.19. The average Bonchev–Trinajstić information content (AvgIpc) is 2.76. The van der Waals surface area contributed by atoms with Crippen LogP contribution in [-0.4, -0.2) is 46.3 Å². The number of piperidine rings is 1. The lowest BCUT2D eigenvalue weighted by molar-refractivity contribution is -0.155. The van der Waals surface area contributed by atoms with Crippen LogP contribution in [0.4, 0.5) is 0 Å². The Hall–Kier alpha value is -1.85. The lowest BCUT2D eigenvalue weighted by atomic mass is 10.0. The summed E-state index contributed by atoms with van der Waals surface area (Å²) in [4.78, 5) is 25.8. The van der Waals surface area contributed by atoms with Gasteiger partial charge in [0, 0.05) is 12.2 Å². The number of aromatic nitrogens is 2. The van der Waals surface area contributed by atoms with Crippen molar-refractivity contribution >= 4 is 11.9 Å². The maximum atomic E-state index is 12.4. The first-order chi connectivity index (χ1) is 9.52. The Kier molecular flexibility index (Phi) is 4.42. The zero-order valence-electron chi connectivity index (χ0n) is 12.3. The number of carbonyl (C=O) groups excluding carboxylic acids is 2. The number of likely N-dealkylation sites (tertiary alicyclic amines) is 1. The molecule has 2 heterocycles. The second kappa shape index (κ2) is 6.07. The van der Waals surface area contributed by atoms with Crippen LogP contribution in [0.15, 0.2) is 6.07 Å². The lowest BCUT2D eigenvalue weighted by Crippen LogP contribution is -2.49. The molecule has 6 heteroatoms. The molecule has 110 valence electrons. The van der Waals surface area contributed by atoms with Crippen LogP contribution in [0.2, 0.25) is 0 Å². The maximum Gasteiger partial charge on any atom is 0.328 e. The Bertz CT molecular complexity index is 510. The summed E-state index contributed by atoms with van der Waals surface area (Å²) in [6.45, 7) is 4.60. The zero-order valence-corrected chi connectivity index (χ0v) is 12.3. The van der Waals surface area contributed by atoms with Gasteiger partial charge in [-0.15, -0.1) is 0 Å². The molecule has 0 aliphatic carbocycles. The van der Waals surface area contributed by atoms with E-state index in [4.69, 9.17) is 4.74 Å². The molecule has 20 heavy (non-hydrogen) atoms. The summed E-state index contributed by atoms with van der Waals surface area (Å²) in [6, 6.07) is 1.49. The Balaban J connectivity index is 2.10.